The van der Waals surface area contributed by atoms with Gasteiger partial charge in [0.05, 0.1) is 13.0 Å². The number of benzene rings is 1. The van der Waals surface area contributed by atoms with Crippen LogP contribution in [-0.4, -0.2) is 35.0 Å². The lowest BCUT2D eigenvalue weighted by Crippen LogP contribution is -2.51. The van der Waals surface area contributed by atoms with E-state index < -0.39 is 17.5 Å². The molecule has 1 saturated heterocycles. The molecule has 0 radical (unpaired) electrons. The Labute approximate surface area is 159 Å². The number of ether oxygens (including phenoxy) is 1. The number of amides is 4. The van der Waals surface area contributed by atoms with Crippen LogP contribution in [0.4, 0.5) is 4.79 Å². The fourth-order valence-electron chi connectivity index (χ4n) is 3.61. The largest absolute Gasteiger partial charge is 0.493 e. The number of urea groups is 1. The summed E-state index contributed by atoms with van der Waals surface area (Å²) in [5.41, 5.74) is 3.64. The molecule has 0 aromatic heterocycles. The summed E-state index contributed by atoms with van der Waals surface area (Å²) in [7, 11) is 0. The summed E-state index contributed by atoms with van der Waals surface area (Å²) in [6, 6.07) is 5.31. The number of hydrogen-bond donors (Lipinski definition) is 2. The zero-order valence-electron chi connectivity index (χ0n) is 16.1. The van der Waals surface area contributed by atoms with Gasteiger partial charge in [-0.1, -0.05) is 19.1 Å². The summed E-state index contributed by atoms with van der Waals surface area (Å²) in [6.45, 7) is 6.22. The lowest BCUT2D eigenvalue weighted by atomic mass is 9.77. The fourth-order valence-corrected chi connectivity index (χ4v) is 3.61. The zero-order chi connectivity index (χ0) is 19.6. The van der Waals surface area contributed by atoms with E-state index in [1.165, 1.54) is 0 Å². The van der Waals surface area contributed by atoms with Crippen LogP contribution in [0.5, 0.6) is 5.75 Å². The molecule has 2 fully saturated rings. The number of carbonyl (C=O) groups excluding carboxylic acids is 3. The second-order valence-electron chi connectivity index (χ2n) is 7.74. The van der Waals surface area contributed by atoms with Crippen molar-refractivity contribution >= 4 is 17.8 Å². The molecule has 7 nitrogen and oxygen atoms in total. The normalized spacial score (nSPS) is 24.9. The number of nitrogens with zero attached hydrogens (tertiary/aromatic N) is 1. The Balaban J connectivity index is 1.52. The SMILES string of the molecule is Cc1ccc(C)c(OCCC(=O)NN2C(=O)NC3(CCC(C)CC3)C2=O)c1. The average molecular weight is 373 g/mol. The number of hydrogen-bond acceptors (Lipinski definition) is 4. The van der Waals surface area contributed by atoms with E-state index in [1.54, 1.807) is 0 Å². The first-order valence-corrected chi connectivity index (χ1v) is 9.47. The molecule has 1 aliphatic carbocycles. The predicted octanol–water partition coefficient (Wildman–Crippen LogP) is 2.60. The van der Waals surface area contributed by atoms with E-state index in [0.717, 1.165) is 34.7 Å². The maximum absolute atomic E-state index is 12.7. The molecular weight excluding hydrogens is 346 g/mol. The first kappa shape index (κ1) is 19.2. The number of carbonyl (C=O) groups is 3. The third kappa shape index (κ3) is 4.07. The Hall–Kier alpha value is -2.57. The van der Waals surface area contributed by atoms with E-state index in [2.05, 4.69) is 17.7 Å². The highest BCUT2D eigenvalue weighted by molar-refractivity contribution is 6.08. The van der Waals surface area contributed by atoms with Gasteiger partial charge in [-0.25, -0.2) is 4.79 Å². The molecule has 4 amide bonds. The van der Waals surface area contributed by atoms with E-state index >= 15 is 0 Å². The van der Waals surface area contributed by atoms with E-state index in [9.17, 15) is 14.4 Å². The Morgan fingerprint density at radius 3 is 2.70 bits per heavy atom. The van der Waals surface area contributed by atoms with Gasteiger partial charge in [0.15, 0.2) is 0 Å². The quantitative estimate of drug-likeness (QED) is 0.777. The first-order valence-electron chi connectivity index (χ1n) is 9.47. The van der Waals surface area contributed by atoms with Gasteiger partial charge in [-0.2, -0.15) is 5.01 Å². The standard InChI is InChI=1S/C20H27N3O4/c1-13-6-9-20(10-7-13)18(25)23(19(26)21-20)22-17(24)8-11-27-16-12-14(2)4-5-15(16)3/h4-5,12-13H,6-11H2,1-3H3,(H,21,26)(H,22,24). The minimum atomic E-state index is -0.855. The molecule has 7 heteroatoms. The Kier molecular flexibility index (Phi) is 5.39. The van der Waals surface area contributed by atoms with Crippen LogP contribution >= 0.6 is 0 Å². The van der Waals surface area contributed by atoms with Crippen molar-refractivity contribution in [2.75, 3.05) is 6.61 Å². The second kappa shape index (κ2) is 7.58. The first-order chi connectivity index (χ1) is 12.8. The molecule has 0 bridgehead atoms. The van der Waals surface area contributed by atoms with Crippen molar-refractivity contribution in [2.24, 2.45) is 5.92 Å². The van der Waals surface area contributed by atoms with Crippen molar-refractivity contribution in [3.8, 4) is 5.75 Å². The van der Waals surface area contributed by atoms with Crippen LogP contribution in [-0.2, 0) is 9.59 Å². The van der Waals surface area contributed by atoms with Gasteiger partial charge < -0.3 is 10.1 Å². The maximum Gasteiger partial charge on any atom is 0.344 e. The molecule has 3 rings (SSSR count). The maximum atomic E-state index is 12.7. The number of hydrazine groups is 1. The summed E-state index contributed by atoms with van der Waals surface area (Å²) in [5, 5.41) is 3.61. The summed E-state index contributed by atoms with van der Waals surface area (Å²) < 4.78 is 5.66. The van der Waals surface area contributed by atoms with Crippen molar-refractivity contribution < 1.29 is 19.1 Å². The molecule has 0 unspecified atom stereocenters. The highest BCUT2D eigenvalue weighted by Gasteiger charge is 2.52. The molecule has 1 saturated carbocycles. The molecule has 27 heavy (non-hydrogen) atoms. The summed E-state index contributed by atoms with van der Waals surface area (Å²) >= 11 is 0. The summed E-state index contributed by atoms with van der Waals surface area (Å²) in [5.74, 6) is 0.493. The number of aryl methyl sites for hydroxylation is 2. The summed E-state index contributed by atoms with van der Waals surface area (Å²) in [6.07, 6.45) is 3.05. The van der Waals surface area contributed by atoms with Crippen molar-refractivity contribution in [3.05, 3.63) is 29.3 Å². The number of rotatable bonds is 5. The van der Waals surface area contributed by atoms with Crippen molar-refractivity contribution in [2.45, 2.75) is 58.4 Å². The second-order valence-corrected chi connectivity index (χ2v) is 7.74. The number of nitrogens with one attached hydrogen (secondary N) is 2. The smallest absolute Gasteiger partial charge is 0.344 e. The summed E-state index contributed by atoms with van der Waals surface area (Å²) in [4.78, 5) is 37.1. The van der Waals surface area contributed by atoms with Crippen LogP contribution in [0, 0.1) is 19.8 Å². The monoisotopic (exact) mass is 373 g/mol. The lowest BCUT2D eigenvalue weighted by Gasteiger charge is -2.33. The van der Waals surface area contributed by atoms with Gasteiger partial charge in [-0.05, 0) is 62.6 Å². The number of imide groups is 1. The van der Waals surface area contributed by atoms with Crippen LogP contribution in [0.1, 0.15) is 50.2 Å². The molecular formula is C20H27N3O4. The topological polar surface area (TPSA) is 87.7 Å². The Morgan fingerprint density at radius 1 is 1.30 bits per heavy atom. The zero-order valence-corrected chi connectivity index (χ0v) is 16.1. The van der Waals surface area contributed by atoms with Gasteiger partial charge >= 0.3 is 6.03 Å². The van der Waals surface area contributed by atoms with Gasteiger partial charge in [0.2, 0.25) is 5.91 Å². The van der Waals surface area contributed by atoms with Gasteiger partial charge in [0, 0.05) is 0 Å². The third-order valence-electron chi connectivity index (χ3n) is 5.46. The lowest BCUT2D eigenvalue weighted by molar-refractivity contribution is -0.140. The van der Waals surface area contributed by atoms with Crippen LogP contribution in [0.25, 0.3) is 0 Å². The van der Waals surface area contributed by atoms with Crippen molar-refractivity contribution in [1.82, 2.24) is 15.8 Å². The van der Waals surface area contributed by atoms with Gasteiger partial charge in [0.25, 0.3) is 5.91 Å². The molecule has 2 aliphatic rings. The minimum Gasteiger partial charge on any atom is -0.493 e. The van der Waals surface area contributed by atoms with Gasteiger partial charge in [0.1, 0.15) is 11.3 Å². The Morgan fingerprint density at radius 2 is 2.00 bits per heavy atom. The molecule has 1 spiro atoms. The van der Waals surface area contributed by atoms with Gasteiger partial charge in [-0.15, -0.1) is 0 Å². The molecule has 1 aromatic rings. The van der Waals surface area contributed by atoms with E-state index in [4.69, 9.17) is 4.74 Å². The highest BCUT2D eigenvalue weighted by atomic mass is 16.5. The minimum absolute atomic E-state index is 0.0501. The van der Waals surface area contributed by atoms with Crippen LogP contribution in [0.2, 0.25) is 0 Å². The van der Waals surface area contributed by atoms with E-state index in [-0.39, 0.29) is 18.9 Å². The molecule has 1 heterocycles. The molecule has 1 aromatic carbocycles. The molecule has 2 N–H and O–H groups in total. The average Bonchev–Trinajstić information content (AvgIpc) is 2.85. The molecule has 1 aliphatic heterocycles. The van der Waals surface area contributed by atoms with Crippen LogP contribution in [0.15, 0.2) is 18.2 Å². The predicted molar refractivity (Wildman–Crippen MR) is 99.9 cm³/mol. The van der Waals surface area contributed by atoms with Crippen LogP contribution in [0.3, 0.4) is 0 Å². The van der Waals surface area contributed by atoms with Crippen molar-refractivity contribution in [1.29, 1.82) is 0 Å². The fraction of sp³-hybridized carbons (Fsp3) is 0.550. The molecule has 146 valence electrons. The van der Waals surface area contributed by atoms with Gasteiger partial charge in [-0.3, -0.25) is 15.0 Å². The Bertz CT molecular complexity index is 754. The third-order valence-corrected chi connectivity index (χ3v) is 5.46. The van der Waals surface area contributed by atoms with Crippen molar-refractivity contribution in [3.63, 3.8) is 0 Å². The van der Waals surface area contributed by atoms with E-state index in [0.29, 0.717) is 18.8 Å². The molecule has 0 atom stereocenters. The highest BCUT2D eigenvalue weighted by Crippen LogP contribution is 2.35. The van der Waals surface area contributed by atoms with E-state index in [1.807, 2.05) is 32.0 Å². The van der Waals surface area contributed by atoms with Crippen LogP contribution < -0.4 is 15.5 Å².